The molecule has 0 amide bonds. The molecular weight excluding hydrogens is 202 g/mol. The number of nitrogens with zero attached hydrogens (tertiary/aromatic N) is 1. The predicted octanol–water partition coefficient (Wildman–Crippen LogP) is 2.75. The van der Waals surface area contributed by atoms with Gasteiger partial charge in [-0.05, 0) is 38.1 Å². The molecule has 1 fully saturated rings. The third kappa shape index (κ3) is 3.78. The molecule has 1 rings (SSSR count). The highest BCUT2D eigenvalue weighted by Crippen LogP contribution is 2.32. The Morgan fingerprint density at radius 3 is 2.44 bits per heavy atom. The van der Waals surface area contributed by atoms with E-state index in [1.54, 1.807) is 6.92 Å². The van der Waals surface area contributed by atoms with Gasteiger partial charge in [-0.25, -0.2) is 0 Å². The van der Waals surface area contributed by atoms with Gasteiger partial charge < -0.3 is 5.11 Å². The molecule has 0 aliphatic heterocycles. The molecule has 0 bridgehead atoms. The molecular formula is C13H25NO2. The van der Waals surface area contributed by atoms with Crippen LogP contribution in [-0.2, 0) is 4.79 Å². The Labute approximate surface area is 98.8 Å². The summed E-state index contributed by atoms with van der Waals surface area (Å²) in [6.07, 6.45) is 4.57. The average Bonchev–Trinajstić information content (AvgIpc) is 3.01. The first kappa shape index (κ1) is 13.5. The topological polar surface area (TPSA) is 40.5 Å². The van der Waals surface area contributed by atoms with Crippen molar-refractivity contribution in [1.29, 1.82) is 0 Å². The third-order valence-corrected chi connectivity index (χ3v) is 3.87. The van der Waals surface area contributed by atoms with Crippen molar-refractivity contribution >= 4 is 5.97 Å². The zero-order valence-corrected chi connectivity index (χ0v) is 11.0. The van der Waals surface area contributed by atoms with Crippen LogP contribution >= 0.6 is 0 Å². The number of carboxylic acids is 1. The summed E-state index contributed by atoms with van der Waals surface area (Å²) < 4.78 is 0. The standard InChI is InChI=1S/C13H25NO2/c1-5-13(3,4)8-9-14(11-6-7-11)10(2)12(15)16/h10-11H,5-9H2,1-4H3,(H,15,16). The van der Waals surface area contributed by atoms with Crippen molar-refractivity contribution in [3.05, 3.63) is 0 Å². The lowest BCUT2D eigenvalue weighted by Crippen LogP contribution is -2.42. The van der Waals surface area contributed by atoms with Crippen LogP contribution in [0.15, 0.2) is 0 Å². The van der Waals surface area contributed by atoms with Gasteiger partial charge in [0.15, 0.2) is 0 Å². The summed E-state index contributed by atoms with van der Waals surface area (Å²) in [5, 5.41) is 9.07. The van der Waals surface area contributed by atoms with E-state index in [0.29, 0.717) is 11.5 Å². The highest BCUT2D eigenvalue weighted by Gasteiger charge is 2.35. The molecule has 1 saturated carbocycles. The minimum Gasteiger partial charge on any atom is -0.480 e. The minimum atomic E-state index is -0.693. The Kier molecular flexibility index (Phi) is 4.36. The van der Waals surface area contributed by atoms with Gasteiger partial charge in [0, 0.05) is 6.04 Å². The van der Waals surface area contributed by atoms with Gasteiger partial charge in [0.1, 0.15) is 6.04 Å². The molecule has 0 spiro atoms. The third-order valence-electron chi connectivity index (χ3n) is 3.87. The van der Waals surface area contributed by atoms with Crippen molar-refractivity contribution in [1.82, 2.24) is 4.90 Å². The second-order valence-electron chi connectivity index (χ2n) is 5.75. The van der Waals surface area contributed by atoms with Gasteiger partial charge in [-0.2, -0.15) is 0 Å². The average molecular weight is 227 g/mol. The van der Waals surface area contributed by atoms with Crippen LogP contribution in [0.3, 0.4) is 0 Å². The highest BCUT2D eigenvalue weighted by molar-refractivity contribution is 5.73. The fourth-order valence-electron chi connectivity index (χ4n) is 1.85. The molecule has 1 atom stereocenters. The van der Waals surface area contributed by atoms with E-state index in [1.807, 2.05) is 0 Å². The van der Waals surface area contributed by atoms with Gasteiger partial charge in [0.25, 0.3) is 0 Å². The molecule has 0 aromatic heterocycles. The maximum Gasteiger partial charge on any atom is 0.320 e. The number of aliphatic carboxylic acids is 1. The molecule has 0 aromatic rings. The molecule has 1 aliphatic rings. The van der Waals surface area contributed by atoms with Crippen LogP contribution in [0.2, 0.25) is 0 Å². The van der Waals surface area contributed by atoms with E-state index in [-0.39, 0.29) is 6.04 Å². The maximum atomic E-state index is 11.0. The highest BCUT2D eigenvalue weighted by atomic mass is 16.4. The lowest BCUT2D eigenvalue weighted by Gasteiger charge is -2.31. The van der Waals surface area contributed by atoms with Crippen molar-refractivity contribution in [2.45, 2.75) is 65.5 Å². The van der Waals surface area contributed by atoms with Crippen LogP contribution in [0.1, 0.15) is 53.4 Å². The van der Waals surface area contributed by atoms with Crippen LogP contribution in [-0.4, -0.2) is 34.6 Å². The molecule has 3 heteroatoms. The summed E-state index contributed by atoms with van der Waals surface area (Å²) in [5.41, 5.74) is 0.325. The lowest BCUT2D eigenvalue weighted by atomic mass is 9.86. The quantitative estimate of drug-likeness (QED) is 0.727. The largest absolute Gasteiger partial charge is 0.480 e. The molecule has 0 heterocycles. The van der Waals surface area contributed by atoms with Gasteiger partial charge >= 0.3 is 5.97 Å². The zero-order chi connectivity index (χ0) is 12.3. The summed E-state index contributed by atoms with van der Waals surface area (Å²) >= 11 is 0. The molecule has 16 heavy (non-hydrogen) atoms. The SMILES string of the molecule is CCC(C)(C)CCN(C1CC1)C(C)C(=O)O. The van der Waals surface area contributed by atoms with Crippen LogP contribution in [0.25, 0.3) is 0 Å². The summed E-state index contributed by atoms with van der Waals surface area (Å²) in [7, 11) is 0. The van der Waals surface area contributed by atoms with Crippen molar-refractivity contribution < 1.29 is 9.90 Å². The predicted molar refractivity (Wildman–Crippen MR) is 65.5 cm³/mol. The first-order valence-electron chi connectivity index (χ1n) is 6.36. The first-order chi connectivity index (χ1) is 7.37. The van der Waals surface area contributed by atoms with E-state index in [9.17, 15) is 4.79 Å². The van der Waals surface area contributed by atoms with Gasteiger partial charge in [-0.1, -0.05) is 27.2 Å². The number of rotatable bonds is 7. The number of carboxylic acid groups (broad SMARTS) is 1. The maximum absolute atomic E-state index is 11.0. The molecule has 0 radical (unpaired) electrons. The van der Waals surface area contributed by atoms with Gasteiger partial charge in [-0.15, -0.1) is 0 Å². The normalized spacial score (nSPS) is 18.8. The van der Waals surface area contributed by atoms with Gasteiger partial charge in [0.2, 0.25) is 0 Å². The molecule has 1 N–H and O–H groups in total. The van der Waals surface area contributed by atoms with Crippen molar-refractivity contribution in [3.63, 3.8) is 0 Å². The first-order valence-corrected chi connectivity index (χ1v) is 6.36. The summed E-state index contributed by atoms with van der Waals surface area (Å²) in [6.45, 7) is 9.42. The monoisotopic (exact) mass is 227 g/mol. The van der Waals surface area contributed by atoms with Crippen molar-refractivity contribution in [2.24, 2.45) is 5.41 Å². The van der Waals surface area contributed by atoms with Gasteiger partial charge in [0.05, 0.1) is 0 Å². The smallest absolute Gasteiger partial charge is 0.320 e. The second kappa shape index (κ2) is 5.17. The summed E-state index contributed by atoms with van der Waals surface area (Å²) in [4.78, 5) is 13.2. The molecule has 0 aromatic carbocycles. The van der Waals surface area contributed by atoms with Crippen molar-refractivity contribution in [3.8, 4) is 0 Å². The van der Waals surface area contributed by atoms with E-state index >= 15 is 0 Å². The molecule has 0 saturated heterocycles. The van der Waals surface area contributed by atoms with Crippen LogP contribution in [0, 0.1) is 5.41 Å². The van der Waals surface area contributed by atoms with E-state index in [4.69, 9.17) is 5.11 Å². The molecule has 1 aliphatic carbocycles. The Morgan fingerprint density at radius 1 is 1.50 bits per heavy atom. The Balaban J connectivity index is 2.49. The van der Waals surface area contributed by atoms with E-state index in [2.05, 4.69) is 25.7 Å². The minimum absolute atomic E-state index is 0.325. The fourth-order valence-corrected chi connectivity index (χ4v) is 1.85. The van der Waals surface area contributed by atoms with Crippen LogP contribution in [0.5, 0.6) is 0 Å². The van der Waals surface area contributed by atoms with E-state index in [1.165, 1.54) is 12.8 Å². The Morgan fingerprint density at radius 2 is 2.06 bits per heavy atom. The van der Waals surface area contributed by atoms with Crippen LogP contribution < -0.4 is 0 Å². The van der Waals surface area contributed by atoms with Gasteiger partial charge in [-0.3, -0.25) is 9.69 Å². The molecule has 1 unspecified atom stereocenters. The summed E-state index contributed by atoms with van der Waals surface area (Å²) in [6, 6.07) is 0.193. The number of carbonyl (C=O) groups is 1. The van der Waals surface area contributed by atoms with Crippen molar-refractivity contribution in [2.75, 3.05) is 6.54 Å². The second-order valence-corrected chi connectivity index (χ2v) is 5.75. The number of hydrogen-bond donors (Lipinski definition) is 1. The Hall–Kier alpha value is -0.570. The molecule has 3 nitrogen and oxygen atoms in total. The molecule has 94 valence electrons. The number of hydrogen-bond acceptors (Lipinski definition) is 2. The fraction of sp³-hybridized carbons (Fsp3) is 0.923. The summed E-state index contributed by atoms with van der Waals surface area (Å²) in [5.74, 6) is -0.693. The lowest BCUT2D eigenvalue weighted by molar-refractivity contribution is -0.143. The van der Waals surface area contributed by atoms with E-state index < -0.39 is 5.97 Å². The zero-order valence-electron chi connectivity index (χ0n) is 11.0. The van der Waals surface area contributed by atoms with Crippen LogP contribution in [0.4, 0.5) is 0 Å². The Bertz CT molecular complexity index is 246. The van der Waals surface area contributed by atoms with E-state index in [0.717, 1.165) is 19.4 Å².